The summed E-state index contributed by atoms with van der Waals surface area (Å²) in [5, 5.41) is 5.61. The van der Waals surface area contributed by atoms with E-state index in [4.69, 9.17) is 33.1 Å². The average molecular weight is 417 g/mol. The van der Waals surface area contributed by atoms with Gasteiger partial charge in [-0.1, -0.05) is 35.3 Å². The Morgan fingerprint density at radius 1 is 1.19 bits per heavy atom. The molecular weight excluding hydrogens is 399 g/mol. The second-order valence-electron chi connectivity index (χ2n) is 5.68. The molecule has 0 radical (unpaired) electrons. The molecule has 2 aromatic carbocycles. The molecule has 1 unspecified atom stereocenters. The number of hydrogen-bond donors (Lipinski definition) is 1. The fraction of sp³-hybridized carbons (Fsp3) is 0.235. The fourth-order valence-electron chi connectivity index (χ4n) is 2.43. The molecule has 140 valence electrons. The van der Waals surface area contributed by atoms with Gasteiger partial charge in [-0.2, -0.15) is 0 Å². The number of methoxy groups -OCH3 is 1. The summed E-state index contributed by atoms with van der Waals surface area (Å²) >= 11 is 12.2. The summed E-state index contributed by atoms with van der Waals surface area (Å²) in [7, 11) is -0.796. The van der Waals surface area contributed by atoms with Crippen molar-refractivity contribution in [3.8, 4) is 5.75 Å². The molecule has 0 aromatic heterocycles. The quantitative estimate of drug-likeness (QED) is 0.807. The van der Waals surface area contributed by atoms with E-state index >= 15 is 0 Å². The number of rotatable bonds is 5. The molecule has 26 heavy (non-hydrogen) atoms. The predicted molar refractivity (Wildman–Crippen MR) is 101 cm³/mol. The molecule has 0 saturated carbocycles. The fourth-order valence-corrected chi connectivity index (χ4v) is 3.64. The van der Waals surface area contributed by atoms with Crippen molar-refractivity contribution in [2.24, 2.45) is 5.14 Å². The molecule has 1 amide bonds. The van der Waals surface area contributed by atoms with Crippen molar-refractivity contribution in [2.75, 3.05) is 14.2 Å². The molecule has 0 fully saturated rings. The Morgan fingerprint density at radius 2 is 1.77 bits per heavy atom. The molecule has 2 aromatic rings. The van der Waals surface area contributed by atoms with E-state index in [0.717, 1.165) is 0 Å². The Kier molecular flexibility index (Phi) is 6.18. The van der Waals surface area contributed by atoms with Gasteiger partial charge in [0, 0.05) is 12.6 Å². The molecule has 2 N–H and O–H groups in total. The number of primary sulfonamides is 1. The van der Waals surface area contributed by atoms with Gasteiger partial charge in [0.25, 0.3) is 5.91 Å². The molecule has 9 heteroatoms. The molecule has 0 aliphatic heterocycles. The summed E-state index contributed by atoms with van der Waals surface area (Å²) in [4.78, 5) is 14.2. The van der Waals surface area contributed by atoms with Crippen molar-refractivity contribution in [3.63, 3.8) is 0 Å². The SMILES string of the molecule is COc1c(Cl)cc(C(=O)N(C)C(C)c2cccc(S(N)(=O)=O)c2)cc1Cl. The molecule has 0 heterocycles. The highest BCUT2D eigenvalue weighted by Gasteiger charge is 2.22. The summed E-state index contributed by atoms with van der Waals surface area (Å²) < 4.78 is 28.1. The van der Waals surface area contributed by atoms with E-state index in [2.05, 4.69) is 0 Å². The minimum absolute atomic E-state index is 0.0155. The van der Waals surface area contributed by atoms with Gasteiger partial charge in [0.1, 0.15) is 0 Å². The first-order valence-corrected chi connectivity index (χ1v) is 9.79. The Bertz CT molecular complexity index is 925. The standard InChI is InChI=1S/C17H18Cl2N2O4S/c1-10(11-5-4-6-13(7-11)26(20,23)24)21(2)17(22)12-8-14(18)16(25-3)15(19)9-12/h4-10H,1-3H3,(H2,20,23,24). The minimum Gasteiger partial charge on any atom is -0.494 e. The van der Waals surface area contributed by atoms with Crippen LogP contribution in [-0.2, 0) is 10.0 Å². The Balaban J connectivity index is 2.34. The molecule has 1 atom stereocenters. The minimum atomic E-state index is -3.83. The van der Waals surface area contributed by atoms with Crippen LogP contribution in [0.4, 0.5) is 0 Å². The summed E-state index contributed by atoms with van der Waals surface area (Å²) in [5.74, 6) is -0.0357. The zero-order chi connectivity index (χ0) is 19.6. The topological polar surface area (TPSA) is 89.7 Å². The van der Waals surface area contributed by atoms with Gasteiger partial charge < -0.3 is 9.64 Å². The third-order valence-electron chi connectivity index (χ3n) is 4.02. The Hall–Kier alpha value is -1.80. The normalized spacial score (nSPS) is 12.5. The van der Waals surface area contributed by atoms with Crippen LogP contribution in [-0.4, -0.2) is 33.4 Å². The van der Waals surface area contributed by atoms with Gasteiger partial charge in [0.05, 0.1) is 28.1 Å². The van der Waals surface area contributed by atoms with Crippen molar-refractivity contribution < 1.29 is 17.9 Å². The first kappa shape index (κ1) is 20.5. The number of amides is 1. The van der Waals surface area contributed by atoms with Crippen LogP contribution < -0.4 is 9.88 Å². The summed E-state index contributed by atoms with van der Waals surface area (Å²) in [5.41, 5.74) is 0.913. The van der Waals surface area contributed by atoms with Crippen LogP contribution in [0.5, 0.6) is 5.75 Å². The van der Waals surface area contributed by atoms with Crippen LogP contribution in [0.1, 0.15) is 28.9 Å². The lowest BCUT2D eigenvalue weighted by atomic mass is 10.1. The Morgan fingerprint density at radius 3 is 2.27 bits per heavy atom. The van der Waals surface area contributed by atoms with Crippen molar-refractivity contribution in [1.29, 1.82) is 0 Å². The van der Waals surface area contributed by atoms with Gasteiger partial charge in [-0.05, 0) is 36.8 Å². The molecular formula is C17H18Cl2N2O4S. The van der Waals surface area contributed by atoms with E-state index in [0.29, 0.717) is 11.3 Å². The number of ether oxygens (including phenoxy) is 1. The van der Waals surface area contributed by atoms with Gasteiger partial charge in [-0.15, -0.1) is 0 Å². The van der Waals surface area contributed by atoms with E-state index in [9.17, 15) is 13.2 Å². The summed E-state index contributed by atoms with van der Waals surface area (Å²) in [6, 6.07) is 8.66. The number of benzene rings is 2. The maximum atomic E-state index is 12.8. The lowest BCUT2D eigenvalue weighted by Gasteiger charge is -2.26. The molecule has 0 bridgehead atoms. The van der Waals surface area contributed by atoms with E-state index in [1.54, 1.807) is 26.1 Å². The third-order valence-corrected chi connectivity index (χ3v) is 5.49. The monoisotopic (exact) mass is 416 g/mol. The van der Waals surface area contributed by atoms with Gasteiger partial charge >= 0.3 is 0 Å². The van der Waals surface area contributed by atoms with Gasteiger partial charge in [0.15, 0.2) is 5.75 Å². The van der Waals surface area contributed by atoms with Gasteiger partial charge in [-0.25, -0.2) is 13.6 Å². The number of nitrogens with zero attached hydrogens (tertiary/aromatic N) is 1. The first-order valence-electron chi connectivity index (χ1n) is 7.49. The van der Waals surface area contributed by atoms with Crippen molar-refractivity contribution in [1.82, 2.24) is 4.90 Å². The maximum Gasteiger partial charge on any atom is 0.254 e. The van der Waals surface area contributed by atoms with E-state index < -0.39 is 16.1 Å². The van der Waals surface area contributed by atoms with Crippen molar-refractivity contribution in [3.05, 3.63) is 57.6 Å². The van der Waals surface area contributed by atoms with Crippen molar-refractivity contribution in [2.45, 2.75) is 17.9 Å². The molecule has 0 spiro atoms. The van der Waals surface area contributed by atoms with Crippen LogP contribution in [0, 0.1) is 0 Å². The number of halogens is 2. The number of carbonyl (C=O) groups is 1. The lowest BCUT2D eigenvalue weighted by molar-refractivity contribution is 0.0742. The molecule has 0 aliphatic rings. The smallest absolute Gasteiger partial charge is 0.254 e. The highest BCUT2D eigenvalue weighted by Crippen LogP contribution is 2.34. The second kappa shape index (κ2) is 7.84. The van der Waals surface area contributed by atoms with Crippen LogP contribution >= 0.6 is 23.2 Å². The predicted octanol–water partition coefficient (Wildman–Crippen LogP) is 3.48. The van der Waals surface area contributed by atoms with Crippen LogP contribution in [0.3, 0.4) is 0 Å². The molecule has 6 nitrogen and oxygen atoms in total. The van der Waals surface area contributed by atoms with Crippen LogP contribution in [0.25, 0.3) is 0 Å². The molecule has 0 saturated heterocycles. The van der Waals surface area contributed by atoms with Crippen LogP contribution in [0.2, 0.25) is 10.0 Å². The van der Waals surface area contributed by atoms with Gasteiger partial charge in [-0.3, -0.25) is 4.79 Å². The van der Waals surface area contributed by atoms with Crippen LogP contribution in [0.15, 0.2) is 41.3 Å². The van der Waals surface area contributed by atoms with E-state index in [1.807, 2.05) is 0 Å². The van der Waals surface area contributed by atoms with Gasteiger partial charge in [0.2, 0.25) is 10.0 Å². The second-order valence-corrected chi connectivity index (χ2v) is 8.06. The summed E-state index contributed by atoms with van der Waals surface area (Å²) in [6.45, 7) is 1.77. The summed E-state index contributed by atoms with van der Waals surface area (Å²) in [6.07, 6.45) is 0. The van der Waals surface area contributed by atoms with E-state index in [1.165, 1.54) is 36.3 Å². The maximum absolute atomic E-state index is 12.8. The lowest BCUT2D eigenvalue weighted by Crippen LogP contribution is -2.30. The number of hydrogen-bond acceptors (Lipinski definition) is 4. The van der Waals surface area contributed by atoms with Crippen molar-refractivity contribution >= 4 is 39.1 Å². The molecule has 2 rings (SSSR count). The third kappa shape index (κ3) is 4.29. The van der Waals surface area contributed by atoms with E-state index in [-0.39, 0.29) is 26.4 Å². The zero-order valence-electron chi connectivity index (χ0n) is 14.4. The number of sulfonamides is 1. The highest BCUT2D eigenvalue weighted by molar-refractivity contribution is 7.89. The Labute approximate surface area is 162 Å². The number of carbonyl (C=O) groups excluding carboxylic acids is 1. The number of nitrogens with two attached hydrogens (primary N) is 1. The highest BCUT2D eigenvalue weighted by atomic mass is 35.5. The largest absolute Gasteiger partial charge is 0.494 e. The zero-order valence-corrected chi connectivity index (χ0v) is 16.7. The average Bonchev–Trinajstić information content (AvgIpc) is 2.59. The first-order chi connectivity index (χ1) is 12.1. The molecule has 0 aliphatic carbocycles.